The number of aryl methyl sites for hydroxylation is 2. The maximum absolute atomic E-state index is 16.1. The van der Waals surface area contributed by atoms with Crippen molar-refractivity contribution in [1.82, 2.24) is 9.13 Å². The maximum atomic E-state index is 16.1. The second-order valence-corrected chi connectivity index (χ2v) is 12.4. The van der Waals surface area contributed by atoms with E-state index in [1.165, 1.54) is 22.8 Å². The molecule has 0 atom stereocenters. The van der Waals surface area contributed by atoms with Gasteiger partial charge in [0.15, 0.2) is 5.69 Å². The van der Waals surface area contributed by atoms with Crippen molar-refractivity contribution in [3.05, 3.63) is 149 Å². The van der Waals surface area contributed by atoms with E-state index in [0.29, 0.717) is 44.5 Å². The van der Waals surface area contributed by atoms with E-state index in [-0.39, 0.29) is 28.2 Å². The fourth-order valence-corrected chi connectivity index (χ4v) is 7.37. The van der Waals surface area contributed by atoms with Gasteiger partial charge < -0.3 is 9.13 Å². The Morgan fingerprint density at radius 3 is 1.66 bits per heavy atom. The van der Waals surface area contributed by atoms with Crippen molar-refractivity contribution >= 4 is 49.3 Å². The number of alkyl halides is 6. The average Bonchev–Trinajstić information content (AvgIpc) is 3.61. The zero-order valence-corrected chi connectivity index (χ0v) is 26.6. The number of rotatable bonds is 3. The Bertz CT molecular complexity index is 2720. The molecule has 0 aliphatic carbocycles. The highest BCUT2D eigenvalue weighted by molar-refractivity contribution is 6.12. The van der Waals surface area contributed by atoms with Crippen LogP contribution >= 0.6 is 0 Å². The van der Waals surface area contributed by atoms with Crippen LogP contribution in [0.5, 0.6) is 0 Å². The van der Waals surface area contributed by atoms with Gasteiger partial charge in [0.1, 0.15) is 5.56 Å². The molecule has 0 amide bonds. The van der Waals surface area contributed by atoms with E-state index < -0.39 is 23.5 Å². The van der Waals surface area contributed by atoms with Crippen LogP contribution in [0.1, 0.15) is 22.3 Å². The monoisotopic (exact) mass is 673 g/mol. The Morgan fingerprint density at radius 2 is 1.10 bits per heavy atom. The van der Waals surface area contributed by atoms with E-state index in [9.17, 15) is 13.2 Å². The minimum absolute atomic E-state index is 0.0968. The summed E-state index contributed by atoms with van der Waals surface area (Å²) in [6.45, 7) is 11.2. The molecule has 50 heavy (non-hydrogen) atoms. The molecule has 8 aromatic rings. The van der Waals surface area contributed by atoms with E-state index in [2.05, 4.69) is 4.85 Å². The molecule has 2 aromatic heterocycles. The van der Waals surface area contributed by atoms with Crippen molar-refractivity contribution in [2.45, 2.75) is 26.2 Å². The third-order valence-electron chi connectivity index (χ3n) is 9.38. The molecular weight excluding hydrogens is 648 g/mol. The topological polar surface area (TPSA) is 14.2 Å². The minimum Gasteiger partial charge on any atom is -0.308 e. The number of aromatic nitrogens is 2. The number of benzene rings is 6. The molecule has 0 fully saturated rings. The van der Waals surface area contributed by atoms with Gasteiger partial charge in [0.25, 0.3) is 0 Å². The summed E-state index contributed by atoms with van der Waals surface area (Å²) in [5.41, 5.74) is 0.287. The molecule has 0 spiro atoms. The summed E-state index contributed by atoms with van der Waals surface area (Å²) < 4.78 is 94.2. The number of nitrogens with zero attached hydrogens (tertiary/aromatic N) is 3. The van der Waals surface area contributed by atoms with Crippen LogP contribution in [0.2, 0.25) is 0 Å². The Labute approximate surface area is 282 Å². The lowest BCUT2D eigenvalue weighted by atomic mass is 9.95. The third-order valence-corrected chi connectivity index (χ3v) is 9.38. The number of hydrogen-bond acceptors (Lipinski definition) is 0. The van der Waals surface area contributed by atoms with E-state index in [0.717, 1.165) is 22.4 Å². The normalized spacial score (nSPS) is 12.4. The van der Waals surface area contributed by atoms with Gasteiger partial charge in [0, 0.05) is 32.7 Å². The molecular formula is C41H25F6N3. The third kappa shape index (κ3) is 4.66. The van der Waals surface area contributed by atoms with E-state index in [4.69, 9.17) is 6.57 Å². The lowest BCUT2D eigenvalue weighted by Gasteiger charge is -2.25. The zero-order chi connectivity index (χ0) is 35.1. The molecule has 0 N–H and O–H groups in total. The highest BCUT2D eigenvalue weighted by Gasteiger charge is 2.41. The average molecular weight is 674 g/mol. The van der Waals surface area contributed by atoms with Crippen molar-refractivity contribution in [3.63, 3.8) is 0 Å². The van der Waals surface area contributed by atoms with Gasteiger partial charge in [0.2, 0.25) is 0 Å². The molecule has 0 saturated heterocycles. The second kappa shape index (κ2) is 11.0. The van der Waals surface area contributed by atoms with Gasteiger partial charge in [-0.3, -0.25) is 0 Å². The smallest absolute Gasteiger partial charge is 0.308 e. The molecule has 0 unspecified atom stereocenters. The lowest BCUT2D eigenvalue weighted by Crippen LogP contribution is -2.17. The molecule has 8 rings (SSSR count). The van der Waals surface area contributed by atoms with Crippen LogP contribution in [0.4, 0.5) is 32.0 Å². The molecule has 0 saturated carbocycles. The van der Waals surface area contributed by atoms with Crippen molar-refractivity contribution in [2.24, 2.45) is 0 Å². The Morgan fingerprint density at radius 1 is 0.560 bits per heavy atom. The fraction of sp³-hybridized carbons (Fsp3) is 0.0976. The largest absolute Gasteiger partial charge is 0.420 e. The summed E-state index contributed by atoms with van der Waals surface area (Å²) in [4.78, 5) is 3.26. The molecule has 0 bridgehead atoms. The van der Waals surface area contributed by atoms with Crippen LogP contribution in [0, 0.1) is 20.4 Å². The van der Waals surface area contributed by atoms with Gasteiger partial charge in [-0.2, -0.15) is 26.3 Å². The zero-order valence-electron chi connectivity index (χ0n) is 26.6. The summed E-state index contributed by atoms with van der Waals surface area (Å²) >= 11 is 0. The Hall–Kier alpha value is -6.01. The van der Waals surface area contributed by atoms with Gasteiger partial charge in [-0.25, -0.2) is 4.85 Å². The van der Waals surface area contributed by atoms with Crippen molar-refractivity contribution in [3.8, 4) is 22.5 Å². The van der Waals surface area contributed by atoms with Gasteiger partial charge in [-0.1, -0.05) is 78.9 Å². The number of fused-ring (bicyclic) bond motifs is 6. The molecule has 0 radical (unpaired) electrons. The fourth-order valence-electron chi connectivity index (χ4n) is 7.37. The molecule has 2 heterocycles. The van der Waals surface area contributed by atoms with Crippen LogP contribution in [0.15, 0.2) is 115 Å². The predicted octanol–water partition coefficient (Wildman–Crippen LogP) is 12.8. The Kier molecular flexibility index (Phi) is 6.88. The van der Waals surface area contributed by atoms with E-state index in [1.54, 1.807) is 47.9 Å². The van der Waals surface area contributed by atoms with Crippen LogP contribution in [-0.4, -0.2) is 9.13 Å². The summed E-state index contributed by atoms with van der Waals surface area (Å²) in [6, 6.07) is 30.8. The molecule has 6 aromatic carbocycles. The number of hydrogen-bond donors (Lipinski definition) is 0. The minimum atomic E-state index is -4.99. The van der Waals surface area contributed by atoms with Gasteiger partial charge in [-0.15, -0.1) is 0 Å². The van der Waals surface area contributed by atoms with Crippen molar-refractivity contribution in [1.29, 1.82) is 0 Å². The first-order valence-corrected chi connectivity index (χ1v) is 15.7. The summed E-state index contributed by atoms with van der Waals surface area (Å²) in [5.74, 6) is 0. The predicted molar refractivity (Wildman–Crippen MR) is 186 cm³/mol. The lowest BCUT2D eigenvalue weighted by molar-refractivity contribution is -0.138. The highest BCUT2D eigenvalue weighted by atomic mass is 19.4. The summed E-state index contributed by atoms with van der Waals surface area (Å²) in [6.07, 6.45) is -9.84. The quantitative estimate of drug-likeness (QED) is 0.131. The van der Waals surface area contributed by atoms with Gasteiger partial charge in [-0.05, 0) is 66.9 Å². The SMILES string of the molecule is [C-]#[N+]c1cc(-c2ccc(-n3c4ccccc4c4cccc(C)c43)c(C(F)(F)F)c2-n2c3ccccc3c3cccc(C)c32)cc(C(F)(F)F)c1. The van der Waals surface area contributed by atoms with Gasteiger partial charge >= 0.3 is 12.4 Å². The Balaban J connectivity index is 1.64. The highest BCUT2D eigenvalue weighted by Crippen LogP contribution is 2.49. The van der Waals surface area contributed by atoms with E-state index in [1.807, 2.05) is 55.5 Å². The summed E-state index contributed by atoms with van der Waals surface area (Å²) in [5, 5.41) is 2.92. The molecule has 9 heteroatoms. The number of halogens is 6. The second-order valence-electron chi connectivity index (χ2n) is 12.4. The van der Waals surface area contributed by atoms with Crippen LogP contribution in [0.3, 0.4) is 0 Å². The van der Waals surface area contributed by atoms with Crippen LogP contribution in [0.25, 0.3) is 71.0 Å². The van der Waals surface area contributed by atoms with Crippen LogP contribution < -0.4 is 0 Å². The molecule has 3 nitrogen and oxygen atoms in total. The van der Waals surface area contributed by atoms with Crippen molar-refractivity contribution in [2.75, 3.05) is 0 Å². The standard InChI is InChI=1S/C41H25F6N3/c1-23-10-8-14-31-29-12-4-6-16-33(29)49(37(23)31)35-19-18-28(25-20-26(40(42,43)44)22-27(21-25)48-3)39(36(35)41(45,46)47)50-34-17-7-5-13-30(34)32-15-9-11-24(2)38(32)50/h4-22H,1-2H3. The first-order valence-electron chi connectivity index (χ1n) is 15.7. The van der Waals surface area contributed by atoms with Crippen LogP contribution in [-0.2, 0) is 12.4 Å². The van der Waals surface area contributed by atoms with E-state index >= 15 is 13.2 Å². The maximum Gasteiger partial charge on any atom is 0.420 e. The molecule has 0 aliphatic heterocycles. The van der Waals surface area contributed by atoms with Gasteiger partial charge in [0.05, 0.1) is 40.0 Å². The molecule has 246 valence electrons. The first kappa shape index (κ1) is 31.3. The first-order chi connectivity index (χ1) is 23.9. The molecule has 0 aliphatic rings. The van der Waals surface area contributed by atoms with Crippen molar-refractivity contribution < 1.29 is 26.3 Å². The number of para-hydroxylation sites is 4. The summed E-state index contributed by atoms with van der Waals surface area (Å²) in [7, 11) is 0.